The number of alkyl halides is 3. The highest BCUT2D eigenvalue weighted by molar-refractivity contribution is 7.89. The van der Waals surface area contributed by atoms with Gasteiger partial charge in [-0.05, 0) is 36.8 Å². The summed E-state index contributed by atoms with van der Waals surface area (Å²) in [4.78, 5) is 15.4. The van der Waals surface area contributed by atoms with E-state index in [9.17, 15) is 26.4 Å². The van der Waals surface area contributed by atoms with Gasteiger partial charge in [0.25, 0.3) is 0 Å². The minimum absolute atomic E-state index is 0.0572. The third-order valence-electron chi connectivity index (χ3n) is 5.63. The number of benzene rings is 2. The number of hydrogen-bond donors (Lipinski definition) is 5. The number of hydrogen-bond acceptors (Lipinski definition) is 8. The number of likely N-dealkylation sites (tertiary alicyclic amines) is 1. The number of H-pyrrole nitrogens is 1. The summed E-state index contributed by atoms with van der Waals surface area (Å²) in [6, 6.07) is 5.44. The summed E-state index contributed by atoms with van der Waals surface area (Å²) in [5.41, 5.74) is 2.46. The monoisotopic (exact) mass is 575 g/mol. The molecule has 2 aromatic carbocycles. The molecule has 0 bridgehead atoms. The number of carboxylic acid groups (broad SMARTS) is 1. The van der Waals surface area contributed by atoms with Gasteiger partial charge in [0.2, 0.25) is 21.9 Å². The summed E-state index contributed by atoms with van der Waals surface area (Å²) in [7, 11) is -3.17. The number of methoxy groups -OCH3 is 1. The van der Waals surface area contributed by atoms with Crippen LogP contribution in [0.5, 0.6) is 5.75 Å². The Morgan fingerprint density at radius 2 is 1.97 bits per heavy atom. The Morgan fingerprint density at radius 1 is 1.29 bits per heavy atom. The van der Waals surface area contributed by atoms with Gasteiger partial charge in [-0.25, -0.2) is 23.0 Å². The molecule has 3 aromatic rings. The first-order chi connectivity index (χ1) is 17.6. The van der Waals surface area contributed by atoms with Crippen LogP contribution in [0.2, 0.25) is 5.02 Å². The van der Waals surface area contributed by atoms with Gasteiger partial charge in [-0.3, -0.25) is 0 Å². The smallest absolute Gasteiger partial charge is 0.417 e. The standard InChI is InChI=1S/C21H21ClF3N7O5S/c1-20(8-32(9-20)19(33)34)31-38(35,36)15-5-10(3-4-14(15)37-2)16-12(21(23,24)25)6-11(7-13(16)22)27-18-28-17(26)29-30-18/h3-7,31H,8-9H2,1-2H3,(H,33,34)(H4,26,27,28,29,30). The first-order valence-corrected chi connectivity index (χ1v) is 12.5. The van der Waals surface area contributed by atoms with Crippen molar-refractivity contribution in [2.75, 3.05) is 31.2 Å². The normalized spacial score (nSPS) is 15.2. The molecule has 0 atom stereocenters. The van der Waals surface area contributed by atoms with Crippen LogP contribution in [0.25, 0.3) is 11.1 Å². The second kappa shape index (κ2) is 9.52. The summed E-state index contributed by atoms with van der Waals surface area (Å²) in [6.45, 7) is 1.28. The average molecular weight is 576 g/mol. The molecule has 204 valence electrons. The van der Waals surface area contributed by atoms with Gasteiger partial charge in [-0.15, -0.1) is 5.10 Å². The molecule has 1 aliphatic heterocycles. The number of amides is 1. The molecule has 1 amide bonds. The van der Waals surface area contributed by atoms with E-state index in [1.54, 1.807) is 0 Å². The zero-order chi connectivity index (χ0) is 28.0. The first kappa shape index (κ1) is 27.3. The Kier molecular flexibility index (Phi) is 6.83. The van der Waals surface area contributed by atoms with Gasteiger partial charge in [-0.2, -0.15) is 18.2 Å². The third-order valence-corrected chi connectivity index (χ3v) is 7.58. The van der Waals surface area contributed by atoms with Crippen LogP contribution in [0.15, 0.2) is 35.2 Å². The molecule has 1 saturated heterocycles. The SMILES string of the molecule is COc1ccc(-c2c(Cl)cc(Nc3n[nH]c(N)n3)cc2C(F)(F)F)cc1S(=O)(=O)NC1(C)CN(C(=O)O)C1. The quantitative estimate of drug-likeness (QED) is 0.282. The zero-order valence-electron chi connectivity index (χ0n) is 19.7. The second-order valence-electron chi connectivity index (χ2n) is 8.72. The fourth-order valence-corrected chi connectivity index (χ4v) is 5.99. The highest BCUT2D eigenvalue weighted by atomic mass is 35.5. The van der Waals surface area contributed by atoms with Crippen molar-refractivity contribution in [1.82, 2.24) is 24.8 Å². The largest absolute Gasteiger partial charge is 0.495 e. The molecule has 1 aromatic heterocycles. The topological polar surface area (TPSA) is 176 Å². The Hall–Kier alpha value is -3.76. The van der Waals surface area contributed by atoms with Crippen LogP contribution in [0.4, 0.5) is 35.5 Å². The molecule has 6 N–H and O–H groups in total. The molecule has 0 unspecified atom stereocenters. The van der Waals surface area contributed by atoms with Crippen molar-refractivity contribution < 1.29 is 36.2 Å². The number of nitrogens with zero attached hydrogens (tertiary/aromatic N) is 3. The number of aromatic amines is 1. The van der Waals surface area contributed by atoms with E-state index < -0.39 is 43.9 Å². The maximum absolute atomic E-state index is 14.1. The summed E-state index contributed by atoms with van der Waals surface area (Å²) >= 11 is 6.30. The Labute approximate surface area is 219 Å². The number of aromatic nitrogens is 3. The molecule has 0 radical (unpaired) electrons. The fourth-order valence-electron chi connectivity index (χ4n) is 4.07. The summed E-state index contributed by atoms with van der Waals surface area (Å²) in [6.07, 6.45) is -6.09. The maximum atomic E-state index is 14.1. The van der Waals surface area contributed by atoms with Crippen LogP contribution in [-0.4, -0.2) is 65.4 Å². The van der Waals surface area contributed by atoms with Crippen molar-refractivity contribution in [3.63, 3.8) is 0 Å². The molecule has 4 rings (SSSR count). The molecule has 2 heterocycles. The Balaban J connectivity index is 1.76. The lowest BCUT2D eigenvalue weighted by Crippen LogP contribution is -2.69. The van der Waals surface area contributed by atoms with Crippen molar-refractivity contribution >= 4 is 45.3 Å². The number of nitrogen functional groups attached to an aromatic ring is 1. The molecule has 0 saturated carbocycles. The maximum Gasteiger partial charge on any atom is 0.417 e. The second-order valence-corrected chi connectivity index (χ2v) is 10.8. The van der Waals surface area contributed by atoms with E-state index in [0.717, 1.165) is 17.0 Å². The van der Waals surface area contributed by atoms with E-state index in [1.807, 2.05) is 0 Å². The molecule has 0 spiro atoms. The lowest BCUT2D eigenvalue weighted by atomic mass is 9.95. The molecular formula is C21H21ClF3N7O5S. The summed E-state index contributed by atoms with van der Waals surface area (Å²) in [5, 5.41) is 17.3. The number of rotatable bonds is 7. The van der Waals surface area contributed by atoms with Crippen LogP contribution in [0.1, 0.15) is 12.5 Å². The summed E-state index contributed by atoms with van der Waals surface area (Å²) in [5.74, 6) is -0.281. The van der Waals surface area contributed by atoms with Gasteiger partial charge in [-0.1, -0.05) is 17.7 Å². The number of halogens is 4. The van der Waals surface area contributed by atoms with Crippen molar-refractivity contribution in [2.24, 2.45) is 0 Å². The highest BCUT2D eigenvalue weighted by Crippen LogP contribution is 2.44. The first-order valence-electron chi connectivity index (χ1n) is 10.7. The highest BCUT2D eigenvalue weighted by Gasteiger charge is 2.45. The van der Waals surface area contributed by atoms with Gasteiger partial charge < -0.3 is 25.8 Å². The third kappa shape index (κ3) is 5.41. The predicted molar refractivity (Wildman–Crippen MR) is 131 cm³/mol. The van der Waals surface area contributed by atoms with Crippen LogP contribution >= 0.6 is 11.6 Å². The van der Waals surface area contributed by atoms with Crippen LogP contribution in [-0.2, 0) is 16.2 Å². The number of anilines is 3. The van der Waals surface area contributed by atoms with Gasteiger partial charge >= 0.3 is 12.3 Å². The Morgan fingerprint density at radius 3 is 2.53 bits per heavy atom. The minimum Gasteiger partial charge on any atom is -0.495 e. The van der Waals surface area contributed by atoms with Crippen molar-refractivity contribution in [3.8, 4) is 16.9 Å². The number of ether oxygens (including phenoxy) is 1. The average Bonchev–Trinajstić information content (AvgIpc) is 3.20. The van der Waals surface area contributed by atoms with E-state index in [4.69, 9.17) is 27.2 Å². The van der Waals surface area contributed by atoms with Crippen molar-refractivity contribution in [2.45, 2.75) is 23.5 Å². The van der Waals surface area contributed by atoms with E-state index in [2.05, 4.69) is 25.2 Å². The summed E-state index contributed by atoms with van der Waals surface area (Å²) < 4.78 is 76.5. The molecule has 12 nitrogen and oxygen atoms in total. The van der Waals surface area contributed by atoms with E-state index >= 15 is 0 Å². The fraction of sp³-hybridized carbons (Fsp3) is 0.286. The molecular weight excluding hydrogens is 555 g/mol. The molecule has 38 heavy (non-hydrogen) atoms. The minimum atomic E-state index is -4.88. The van der Waals surface area contributed by atoms with Crippen LogP contribution in [0, 0.1) is 0 Å². The lowest BCUT2D eigenvalue weighted by Gasteiger charge is -2.46. The number of sulfonamides is 1. The van der Waals surface area contributed by atoms with Crippen LogP contribution < -0.4 is 20.5 Å². The number of nitrogens with two attached hydrogens (primary N) is 1. The van der Waals surface area contributed by atoms with E-state index in [1.165, 1.54) is 32.2 Å². The number of carbonyl (C=O) groups is 1. The molecule has 1 fully saturated rings. The zero-order valence-corrected chi connectivity index (χ0v) is 21.3. The molecule has 1 aliphatic rings. The molecule has 17 heteroatoms. The van der Waals surface area contributed by atoms with E-state index in [-0.39, 0.29) is 47.0 Å². The molecule has 0 aliphatic carbocycles. The predicted octanol–water partition coefficient (Wildman–Crippen LogP) is 3.51. The van der Waals surface area contributed by atoms with Gasteiger partial charge in [0.05, 0.1) is 23.2 Å². The number of nitrogens with one attached hydrogen (secondary N) is 3. The Bertz CT molecular complexity index is 1510. The van der Waals surface area contributed by atoms with Crippen LogP contribution in [0.3, 0.4) is 0 Å². The van der Waals surface area contributed by atoms with Gasteiger partial charge in [0.1, 0.15) is 10.6 Å². The lowest BCUT2D eigenvalue weighted by molar-refractivity contribution is -0.137. The van der Waals surface area contributed by atoms with Crippen molar-refractivity contribution in [3.05, 3.63) is 40.9 Å². The van der Waals surface area contributed by atoms with Gasteiger partial charge in [0.15, 0.2) is 0 Å². The van der Waals surface area contributed by atoms with Crippen molar-refractivity contribution in [1.29, 1.82) is 0 Å². The van der Waals surface area contributed by atoms with E-state index in [0.29, 0.717) is 0 Å². The van der Waals surface area contributed by atoms with Gasteiger partial charge in [0, 0.05) is 24.3 Å².